The Kier molecular flexibility index (Phi) is 6.22. The number of hydrogen-bond donors (Lipinski definition) is 2. The monoisotopic (exact) mass is 356 g/mol. The van der Waals surface area contributed by atoms with Crippen LogP contribution in [0.5, 0.6) is 5.75 Å². The van der Waals surface area contributed by atoms with Gasteiger partial charge < -0.3 is 14.6 Å². The molecule has 1 aromatic carbocycles. The Morgan fingerprint density at radius 3 is 2.46 bits per heavy atom. The molecule has 0 atom stereocenters. The summed E-state index contributed by atoms with van der Waals surface area (Å²) in [6, 6.07) is 11.3. The molecular weight excluding hydrogens is 332 g/mol. The fraction of sp³-hybridized carbons (Fsp3) is 0.350. The number of benzene rings is 1. The van der Waals surface area contributed by atoms with Crippen LogP contribution in [0.25, 0.3) is 6.08 Å². The summed E-state index contributed by atoms with van der Waals surface area (Å²) in [5.74, 6) is 0.0295. The van der Waals surface area contributed by atoms with Crippen molar-refractivity contribution in [1.82, 2.24) is 9.80 Å². The van der Waals surface area contributed by atoms with Gasteiger partial charge in [0.15, 0.2) is 5.76 Å². The third kappa shape index (κ3) is 4.82. The second-order valence-electron chi connectivity index (χ2n) is 6.40. The van der Waals surface area contributed by atoms with Gasteiger partial charge in [-0.1, -0.05) is 42.5 Å². The maximum absolute atomic E-state index is 11.7. The van der Waals surface area contributed by atoms with E-state index in [0.717, 1.165) is 38.8 Å². The van der Waals surface area contributed by atoms with Gasteiger partial charge in [0, 0.05) is 38.8 Å². The third-order valence-electron chi connectivity index (χ3n) is 4.51. The highest BCUT2D eigenvalue weighted by Gasteiger charge is 2.19. The van der Waals surface area contributed by atoms with Crippen molar-refractivity contribution in [3.8, 4) is 5.75 Å². The Bertz CT molecular complexity index is 793. The topological polar surface area (TPSA) is 77.2 Å². The standard InChI is InChI=1S/C20H24N2O4/c23-15-17-13-18(24)20(25)19(26-17)14-22-11-9-21(10-12-22)8-4-7-16-5-2-1-3-6-16/h1-7,13,23,25H,8-12,14-15H2/b7-4+. The molecule has 2 N–H and O–H groups in total. The molecule has 3 rings (SSSR count). The zero-order valence-corrected chi connectivity index (χ0v) is 14.7. The Morgan fingerprint density at radius 2 is 1.77 bits per heavy atom. The van der Waals surface area contributed by atoms with Gasteiger partial charge in [0.2, 0.25) is 11.2 Å². The van der Waals surface area contributed by atoms with Gasteiger partial charge in [0.05, 0.1) is 6.54 Å². The largest absolute Gasteiger partial charge is 0.502 e. The van der Waals surface area contributed by atoms with Crippen LogP contribution in [-0.4, -0.2) is 52.7 Å². The van der Waals surface area contributed by atoms with Crippen molar-refractivity contribution < 1.29 is 14.6 Å². The molecule has 1 fully saturated rings. The average molecular weight is 356 g/mol. The number of aromatic hydroxyl groups is 1. The van der Waals surface area contributed by atoms with Crippen LogP contribution < -0.4 is 5.43 Å². The Labute approximate surface area is 152 Å². The molecule has 0 aliphatic carbocycles. The quantitative estimate of drug-likeness (QED) is 0.820. The highest BCUT2D eigenvalue weighted by Crippen LogP contribution is 2.17. The van der Waals surface area contributed by atoms with Crippen LogP contribution in [0, 0.1) is 0 Å². The first-order chi connectivity index (χ1) is 12.7. The predicted molar refractivity (Wildman–Crippen MR) is 99.8 cm³/mol. The van der Waals surface area contributed by atoms with Crippen molar-refractivity contribution in [2.75, 3.05) is 32.7 Å². The van der Waals surface area contributed by atoms with Crippen molar-refractivity contribution in [3.63, 3.8) is 0 Å². The van der Waals surface area contributed by atoms with Crippen LogP contribution in [0.15, 0.2) is 51.7 Å². The summed E-state index contributed by atoms with van der Waals surface area (Å²) in [4.78, 5) is 16.2. The molecule has 0 bridgehead atoms. The summed E-state index contributed by atoms with van der Waals surface area (Å²) in [7, 11) is 0. The minimum Gasteiger partial charge on any atom is -0.502 e. The number of hydrogen-bond acceptors (Lipinski definition) is 6. The fourth-order valence-corrected chi connectivity index (χ4v) is 3.01. The van der Waals surface area contributed by atoms with Crippen molar-refractivity contribution in [1.29, 1.82) is 0 Å². The van der Waals surface area contributed by atoms with E-state index in [4.69, 9.17) is 9.52 Å². The van der Waals surface area contributed by atoms with Crippen molar-refractivity contribution in [2.45, 2.75) is 13.2 Å². The van der Waals surface area contributed by atoms with Crippen molar-refractivity contribution in [3.05, 3.63) is 69.8 Å². The highest BCUT2D eigenvalue weighted by atomic mass is 16.4. The zero-order valence-electron chi connectivity index (χ0n) is 14.7. The van der Waals surface area contributed by atoms with Crippen LogP contribution in [0.3, 0.4) is 0 Å². The third-order valence-corrected chi connectivity index (χ3v) is 4.51. The molecule has 0 amide bonds. The Balaban J connectivity index is 1.50. The normalized spacial score (nSPS) is 16.3. The van der Waals surface area contributed by atoms with Gasteiger partial charge in [-0.2, -0.15) is 0 Å². The Hall–Kier alpha value is -2.41. The lowest BCUT2D eigenvalue weighted by atomic mass is 10.2. The molecule has 6 nitrogen and oxygen atoms in total. The molecule has 138 valence electrons. The van der Waals surface area contributed by atoms with Gasteiger partial charge in [0.25, 0.3) is 0 Å². The molecule has 2 aromatic rings. The minimum absolute atomic E-state index is 0.174. The zero-order chi connectivity index (χ0) is 18.4. The molecule has 2 heterocycles. The van der Waals surface area contributed by atoms with Gasteiger partial charge >= 0.3 is 0 Å². The van der Waals surface area contributed by atoms with E-state index in [9.17, 15) is 9.90 Å². The molecule has 0 spiro atoms. The lowest BCUT2D eigenvalue weighted by Gasteiger charge is -2.33. The lowest BCUT2D eigenvalue weighted by Crippen LogP contribution is -2.45. The van der Waals surface area contributed by atoms with Crippen LogP contribution in [-0.2, 0) is 13.2 Å². The molecule has 26 heavy (non-hydrogen) atoms. The van der Waals surface area contributed by atoms with E-state index in [-0.39, 0.29) is 23.9 Å². The number of nitrogens with zero attached hydrogens (tertiary/aromatic N) is 2. The number of aliphatic hydroxyl groups excluding tert-OH is 1. The minimum atomic E-state index is -0.514. The van der Waals surface area contributed by atoms with E-state index in [1.54, 1.807) is 0 Å². The first-order valence-electron chi connectivity index (χ1n) is 8.77. The van der Waals surface area contributed by atoms with Crippen LogP contribution in [0.2, 0.25) is 0 Å². The van der Waals surface area contributed by atoms with Gasteiger partial charge in [-0.15, -0.1) is 0 Å². The first kappa shape index (κ1) is 18.4. The molecule has 0 saturated carbocycles. The van der Waals surface area contributed by atoms with Crippen molar-refractivity contribution in [2.24, 2.45) is 0 Å². The smallest absolute Gasteiger partial charge is 0.227 e. The van der Waals surface area contributed by atoms with E-state index >= 15 is 0 Å². The van der Waals surface area contributed by atoms with Crippen molar-refractivity contribution >= 4 is 6.08 Å². The van der Waals surface area contributed by atoms with E-state index in [1.165, 1.54) is 5.56 Å². The molecule has 1 aromatic heterocycles. The number of piperazine rings is 1. The molecule has 6 heteroatoms. The van der Waals surface area contributed by atoms with Crippen LogP contribution in [0.1, 0.15) is 17.1 Å². The highest BCUT2D eigenvalue weighted by molar-refractivity contribution is 5.48. The number of rotatable bonds is 6. The van der Waals surface area contributed by atoms with Crippen LogP contribution in [0.4, 0.5) is 0 Å². The summed E-state index contributed by atoms with van der Waals surface area (Å²) in [6.45, 7) is 4.36. The molecule has 0 unspecified atom stereocenters. The fourth-order valence-electron chi connectivity index (χ4n) is 3.01. The Morgan fingerprint density at radius 1 is 1.08 bits per heavy atom. The SMILES string of the molecule is O=c1cc(CO)oc(CN2CCN(C/C=C/c3ccccc3)CC2)c1O. The molecule has 1 saturated heterocycles. The van der Waals surface area contributed by atoms with Gasteiger partial charge in [-0.05, 0) is 5.56 Å². The van der Waals surface area contributed by atoms with E-state index in [2.05, 4.69) is 34.1 Å². The maximum Gasteiger partial charge on any atom is 0.227 e. The van der Waals surface area contributed by atoms with Crippen LogP contribution >= 0.6 is 0 Å². The summed E-state index contributed by atoms with van der Waals surface area (Å²) in [5.41, 5.74) is 0.681. The van der Waals surface area contributed by atoms with Gasteiger partial charge in [-0.3, -0.25) is 14.6 Å². The van der Waals surface area contributed by atoms with E-state index < -0.39 is 5.43 Å². The maximum atomic E-state index is 11.7. The van der Waals surface area contributed by atoms with E-state index in [1.807, 2.05) is 18.2 Å². The lowest BCUT2D eigenvalue weighted by molar-refractivity contribution is 0.125. The summed E-state index contributed by atoms with van der Waals surface area (Å²) < 4.78 is 5.42. The van der Waals surface area contributed by atoms with Gasteiger partial charge in [0.1, 0.15) is 12.4 Å². The van der Waals surface area contributed by atoms with E-state index in [0.29, 0.717) is 6.54 Å². The summed E-state index contributed by atoms with van der Waals surface area (Å²) in [6.07, 6.45) is 4.29. The average Bonchev–Trinajstić information content (AvgIpc) is 2.67. The molecule has 1 aliphatic heterocycles. The second-order valence-corrected chi connectivity index (χ2v) is 6.40. The first-order valence-corrected chi connectivity index (χ1v) is 8.77. The summed E-state index contributed by atoms with van der Waals surface area (Å²) >= 11 is 0. The molecule has 1 aliphatic rings. The van der Waals surface area contributed by atoms with Gasteiger partial charge in [-0.25, -0.2) is 0 Å². The predicted octanol–water partition coefficient (Wildman–Crippen LogP) is 1.67. The summed E-state index contributed by atoms with van der Waals surface area (Å²) in [5, 5.41) is 19.0. The number of aliphatic hydroxyl groups is 1. The second kappa shape index (κ2) is 8.80. The molecule has 0 radical (unpaired) electrons. The molecular formula is C20H24N2O4.